The normalized spacial score (nSPS) is 18.0. The summed E-state index contributed by atoms with van der Waals surface area (Å²) in [6.07, 6.45) is 4.19. The Balaban J connectivity index is 1.76. The number of rotatable bonds is 4. The number of aliphatic hydroxyl groups excluding tert-OH is 1. The molecule has 2 aromatic rings. The highest BCUT2D eigenvalue weighted by Crippen LogP contribution is 2.27. The van der Waals surface area contributed by atoms with Gasteiger partial charge in [-0.05, 0) is 24.1 Å². The molecule has 0 spiro atoms. The third kappa shape index (κ3) is 2.80. The molecule has 3 rings (SSSR count). The highest BCUT2D eigenvalue weighted by molar-refractivity contribution is 6.33. The molecule has 6 nitrogen and oxygen atoms in total. The maximum Gasteiger partial charge on any atom is 0.249 e. The van der Waals surface area contributed by atoms with Crippen LogP contribution >= 0.6 is 11.6 Å². The van der Waals surface area contributed by atoms with E-state index in [1.165, 1.54) is 0 Å². The van der Waals surface area contributed by atoms with E-state index in [0.717, 1.165) is 11.3 Å². The van der Waals surface area contributed by atoms with Gasteiger partial charge in [0.1, 0.15) is 6.04 Å². The maximum absolute atomic E-state index is 12.5. The Bertz CT molecular complexity index is 701. The molecule has 1 aromatic carbocycles. The average molecular weight is 321 g/mol. The van der Waals surface area contributed by atoms with Gasteiger partial charge < -0.3 is 15.3 Å². The number of nitrogens with zero attached hydrogens (tertiary/aromatic N) is 3. The number of aliphatic hydroxyl groups is 1. The number of amides is 1. The van der Waals surface area contributed by atoms with E-state index >= 15 is 0 Å². The number of carbonyl (C=O) groups is 1. The SMILES string of the molecule is Cn1cc(N2CCC(Nc3cc(CO)ccc3Cl)C2=O)cn1. The lowest BCUT2D eigenvalue weighted by Crippen LogP contribution is -2.33. The van der Waals surface area contributed by atoms with Crippen LogP contribution < -0.4 is 10.2 Å². The molecule has 0 saturated carbocycles. The van der Waals surface area contributed by atoms with E-state index < -0.39 is 0 Å². The number of halogens is 1. The first kappa shape index (κ1) is 14.9. The van der Waals surface area contributed by atoms with E-state index in [0.29, 0.717) is 23.7 Å². The second-order valence-corrected chi connectivity index (χ2v) is 5.73. The molecule has 1 amide bonds. The largest absolute Gasteiger partial charge is 0.392 e. The van der Waals surface area contributed by atoms with E-state index in [4.69, 9.17) is 11.6 Å². The first-order chi connectivity index (χ1) is 10.6. The summed E-state index contributed by atoms with van der Waals surface area (Å²) in [5.74, 6) is -0.00142. The summed E-state index contributed by atoms with van der Waals surface area (Å²) in [5, 5.41) is 17.0. The second-order valence-electron chi connectivity index (χ2n) is 5.32. The maximum atomic E-state index is 12.5. The highest BCUT2D eigenvalue weighted by Gasteiger charge is 2.33. The first-order valence-corrected chi connectivity index (χ1v) is 7.42. The van der Waals surface area contributed by atoms with Crippen molar-refractivity contribution >= 4 is 28.9 Å². The van der Waals surface area contributed by atoms with Crippen molar-refractivity contribution < 1.29 is 9.90 Å². The molecule has 1 aliphatic rings. The second kappa shape index (κ2) is 5.98. The molecule has 2 N–H and O–H groups in total. The van der Waals surface area contributed by atoms with Crippen LogP contribution in [0.15, 0.2) is 30.6 Å². The van der Waals surface area contributed by atoms with Gasteiger partial charge in [0, 0.05) is 19.8 Å². The number of aromatic nitrogens is 2. The molecule has 1 unspecified atom stereocenters. The van der Waals surface area contributed by atoms with Crippen LogP contribution in [-0.4, -0.2) is 33.4 Å². The number of nitrogens with one attached hydrogen (secondary N) is 1. The summed E-state index contributed by atoms with van der Waals surface area (Å²) >= 11 is 6.15. The van der Waals surface area contributed by atoms with Crippen molar-refractivity contribution in [3.05, 3.63) is 41.2 Å². The molecule has 0 radical (unpaired) electrons. The molecule has 2 heterocycles. The van der Waals surface area contributed by atoms with E-state index in [9.17, 15) is 9.90 Å². The number of aryl methyl sites for hydroxylation is 1. The summed E-state index contributed by atoms with van der Waals surface area (Å²) in [7, 11) is 1.82. The Labute approximate surface area is 133 Å². The third-order valence-corrected chi connectivity index (χ3v) is 4.08. The Kier molecular flexibility index (Phi) is 4.04. The van der Waals surface area contributed by atoms with Gasteiger partial charge in [-0.25, -0.2) is 0 Å². The fourth-order valence-electron chi connectivity index (χ4n) is 2.59. The topological polar surface area (TPSA) is 70.4 Å². The van der Waals surface area contributed by atoms with Crippen LogP contribution in [0.4, 0.5) is 11.4 Å². The lowest BCUT2D eigenvalue weighted by Gasteiger charge is -2.17. The number of benzene rings is 1. The van der Waals surface area contributed by atoms with Crippen molar-refractivity contribution in [1.29, 1.82) is 0 Å². The number of hydrogen-bond donors (Lipinski definition) is 2. The summed E-state index contributed by atoms with van der Waals surface area (Å²) < 4.78 is 1.67. The molecular weight excluding hydrogens is 304 g/mol. The van der Waals surface area contributed by atoms with Crippen LogP contribution in [0.3, 0.4) is 0 Å². The predicted octanol–water partition coefficient (Wildman–Crippen LogP) is 1.78. The smallest absolute Gasteiger partial charge is 0.249 e. The van der Waals surface area contributed by atoms with E-state index in [2.05, 4.69) is 10.4 Å². The van der Waals surface area contributed by atoms with Gasteiger partial charge in [0.25, 0.3) is 0 Å². The van der Waals surface area contributed by atoms with E-state index in [-0.39, 0.29) is 18.6 Å². The molecular formula is C15H17ClN4O2. The van der Waals surface area contributed by atoms with Gasteiger partial charge in [0.05, 0.1) is 29.2 Å². The molecule has 1 aromatic heterocycles. The molecule has 7 heteroatoms. The van der Waals surface area contributed by atoms with Crippen molar-refractivity contribution in [2.45, 2.75) is 19.1 Å². The lowest BCUT2D eigenvalue weighted by molar-refractivity contribution is -0.117. The molecule has 1 saturated heterocycles. The molecule has 116 valence electrons. The van der Waals surface area contributed by atoms with Gasteiger partial charge in [-0.2, -0.15) is 5.10 Å². The van der Waals surface area contributed by atoms with Crippen LogP contribution in [0, 0.1) is 0 Å². The van der Waals surface area contributed by atoms with Crippen LogP contribution in [0.5, 0.6) is 0 Å². The zero-order valence-electron chi connectivity index (χ0n) is 12.2. The van der Waals surface area contributed by atoms with Crippen molar-refractivity contribution in [2.75, 3.05) is 16.8 Å². The van der Waals surface area contributed by atoms with Crippen molar-refractivity contribution in [3.63, 3.8) is 0 Å². The Morgan fingerprint density at radius 2 is 2.32 bits per heavy atom. The van der Waals surface area contributed by atoms with Gasteiger partial charge in [-0.3, -0.25) is 9.48 Å². The minimum absolute atomic E-state index is 0.00142. The van der Waals surface area contributed by atoms with Gasteiger partial charge in [-0.15, -0.1) is 0 Å². The predicted molar refractivity (Wildman–Crippen MR) is 85.0 cm³/mol. The molecule has 0 aliphatic carbocycles. The van der Waals surface area contributed by atoms with Gasteiger partial charge in [-0.1, -0.05) is 17.7 Å². The quantitative estimate of drug-likeness (QED) is 0.901. The Morgan fingerprint density at radius 1 is 1.50 bits per heavy atom. The summed E-state index contributed by atoms with van der Waals surface area (Å²) in [5.41, 5.74) is 2.22. The van der Waals surface area contributed by atoms with Gasteiger partial charge in [0.2, 0.25) is 5.91 Å². The van der Waals surface area contributed by atoms with Crippen molar-refractivity contribution in [2.24, 2.45) is 7.05 Å². The highest BCUT2D eigenvalue weighted by atomic mass is 35.5. The molecule has 0 bridgehead atoms. The van der Waals surface area contributed by atoms with Gasteiger partial charge >= 0.3 is 0 Å². The van der Waals surface area contributed by atoms with Crippen LogP contribution in [0.1, 0.15) is 12.0 Å². The summed E-state index contributed by atoms with van der Waals surface area (Å²) in [6, 6.07) is 4.91. The summed E-state index contributed by atoms with van der Waals surface area (Å²) in [4.78, 5) is 14.2. The zero-order valence-corrected chi connectivity index (χ0v) is 12.9. The third-order valence-electron chi connectivity index (χ3n) is 3.75. The van der Waals surface area contributed by atoms with Crippen LogP contribution in [-0.2, 0) is 18.4 Å². The minimum Gasteiger partial charge on any atom is -0.392 e. The average Bonchev–Trinajstić information content (AvgIpc) is 3.08. The van der Waals surface area contributed by atoms with Gasteiger partial charge in [0.15, 0.2) is 0 Å². The minimum atomic E-state index is -0.327. The lowest BCUT2D eigenvalue weighted by atomic mass is 10.2. The Morgan fingerprint density at radius 3 is 3.00 bits per heavy atom. The molecule has 22 heavy (non-hydrogen) atoms. The first-order valence-electron chi connectivity index (χ1n) is 7.04. The number of anilines is 2. The molecule has 1 aliphatic heterocycles. The number of carbonyl (C=O) groups excluding carboxylic acids is 1. The van der Waals surface area contributed by atoms with Crippen LogP contribution in [0.25, 0.3) is 0 Å². The van der Waals surface area contributed by atoms with E-state index in [1.54, 1.807) is 34.0 Å². The zero-order chi connectivity index (χ0) is 15.7. The monoisotopic (exact) mass is 320 g/mol. The summed E-state index contributed by atoms with van der Waals surface area (Å²) in [6.45, 7) is 0.575. The fourth-order valence-corrected chi connectivity index (χ4v) is 2.76. The number of hydrogen-bond acceptors (Lipinski definition) is 4. The van der Waals surface area contributed by atoms with E-state index in [1.807, 2.05) is 13.2 Å². The standard InChI is InChI=1S/C15H17ClN4O2/c1-19-8-11(7-17-19)20-5-4-13(15(20)22)18-14-6-10(9-21)2-3-12(14)16/h2-3,6-8,13,18,21H,4-5,9H2,1H3. The fraction of sp³-hybridized carbons (Fsp3) is 0.333. The van der Waals surface area contributed by atoms with Crippen LogP contribution in [0.2, 0.25) is 5.02 Å². The van der Waals surface area contributed by atoms with Crippen molar-refractivity contribution in [1.82, 2.24) is 9.78 Å². The molecule has 1 fully saturated rings. The Hall–Kier alpha value is -2.05. The van der Waals surface area contributed by atoms with Crippen molar-refractivity contribution in [3.8, 4) is 0 Å². The molecule has 1 atom stereocenters.